The quantitative estimate of drug-likeness (QED) is 0.859. The predicted molar refractivity (Wildman–Crippen MR) is 80.5 cm³/mol. The number of methoxy groups -OCH3 is 1. The fraction of sp³-hybridized carbons (Fsp3) is 0.647. The van der Waals surface area contributed by atoms with Crippen LogP contribution in [0.25, 0.3) is 0 Å². The SMILES string of the molecule is COc1cccc([C@H](C)NCC2CCC(C)CC2)c1. The first-order chi connectivity index (χ1) is 9.19. The zero-order chi connectivity index (χ0) is 13.7. The van der Waals surface area contributed by atoms with Gasteiger partial charge in [0, 0.05) is 6.04 Å². The van der Waals surface area contributed by atoms with E-state index in [0.717, 1.165) is 24.1 Å². The van der Waals surface area contributed by atoms with Gasteiger partial charge in [0.15, 0.2) is 0 Å². The summed E-state index contributed by atoms with van der Waals surface area (Å²) in [7, 11) is 1.72. The molecule has 19 heavy (non-hydrogen) atoms. The van der Waals surface area contributed by atoms with E-state index in [0.29, 0.717) is 6.04 Å². The van der Waals surface area contributed by atoms with Crippen molar-refractivity contribution in [3.8, 4) is 5.75 Å². The van der Waals surface area contributed by atoms with Gasteiger partial charge in [0.05, 0.1) is 7.11 Å². The third-order valence-electron chi connectivity index (χ3n) is 4.44. The average Bonchev–Trinajstić information content (AvgIpc) is 2.46. The summed E-state index contributed by atoms with van der Waals surface area (Å²) in [5.41, 5.74) is 1.31. The first kappa shape index (κ1) is 14.4. The fourth-order valence-electron chi connectivity index (χ4n) is 2.91. The molecule has 1 aliphatic carbocycles. The van der Waals surface area contributed by atoms with Crippen molar-refractivity contribution in [2.45, 2.75) is 45.6 Å². The van der Waals surface area contributed by atoms with Crippen LogP contribution < -0.4 is 10.1 Å². The van der Waals surface area contributed by atoms with Crippen molar-refractivity contribution in [2.75, 3.05) is 13.7 Å². The van der Waals surface area contributed by atoms with Gasteiger partial charge in [-0.15, -0.1) is 0 Å². The van der Waals surface area contributed by atoms with Gasteiger partial charge in [-0.25, -0.2) is 0 Å². The van der Waals surface area contributed by atoms with Crippen LogP contribution in [0.15, 0.2) is 24.3 Å². The van der Waals surface area contributed by atoms with Crippen LogP contribution in [-0.2, 0) is 0 Å². The lowest BCUT2D eigenvalue weighted by Crippen LogP contribution is -2.28. The van der Waals surface area contributed by atoms with Crippen LogP contribution in [0.4, 0.5) is 0 Å². The molecule has 1 aliphatic rings. The standard InChI is InChI=1S/C17H27NO/c1-13-7-9-15(10-8-13)12-18-14(2)16-5-4-6-17(11-16)19-3/h4-6,11,13-15,18H,7-10,12H2,1-3H3/t13?,14-,15?/m0/s1. The Bertz CT molecular complexity index is 383. The lowest BCUT2D eigenvalue weighted by Gasteiger charge is -2.27. The van der Waals surface area contributed by atoms with Crippen LogP contribution in [0.5, 0.6) is 5.75 Å². The summed E-state index contributed by atoms with van der Waals surface area (Å²) in [5, 5.41) is 3.68. The molecule has 2 rings (SSSR count). The van der Waals surface area contributed by atoms with E-state index in [-0.39, 0.29) is 0 Å². The van der Waals surface area contributed by atoms with E-state index in [1.54, 1.807) is 7.11 Å². The number of benzene rings is 1. The molecule has 0 bridgehead atoms. The van der Waals surface area contributed by atoms with Gasteiger partial charge < -0.3 is 10.1 Å². The maximum atomic E-state index is 5.28. The van der Waals surface area contributed by atoms with Gasteiger partial charge in [0.1, 0.15) is 5.75 Å². The van der Waals surface area contributed by atoms with E-state index < -0.39 is 0 Å². The summed E-state index contributed by atoms with van der Waals surface area (Å²) in [5.74, 6) is 2.74. The molecule has 1 aromatic rings. The molecule has 0 heterocycles. The molecule has 0 aromatic heterocycles. The topological polar surface area (TPSA) is 21.3 Å². The molecule has 2 nitrogen and oxygen atoms in total. The molecule has 0 radical (unpaired) electrons. The molecular formula is C17H27NO. The van der Waals surface area contributed by atoms with Crippen molar-refractivity contribution in [3.63, 3.8) is 0 Å². The summed E-state index contributed by atoms with van der Waals surface area (Å²) in [6, 6.07) is 8.76. The van der Waals surface area contributed by atoms with Crippen LogP contribution >= 0.6 is 0 Å². The molecule has 106 valence electrons. The van der Waals surface area contributed by atoms with E-state index in [2.05, 4.69) is 37.4 Å². The normalized spacial score (nSPS) is 25.0. The monoisotopic (exact) mass is 261 g/mol. The number of hydrogen-bond donors (Lipinski definition) is 1. The zero-order valence-electron chi connectivity index (χ0n) is 12.5. The zero-order valence-corrected chi connectivity index (χ0v) is 12.5. The van der Waals surface area contributed by atoms with Crippen molar-refractivity contribution < 1.29 is 4.74 Å². The van der Waals surface area contributed by atoms with Crippen molar-refractivity contribution in [1.29, 1.82) is 0 Å². The number of ether oxygens (including phenoxy) is 1. The molecular weight excluding hydrogens is 234 g/mol. The largest absolute Gasteiger partial charge is 0.497 e. The molecule has 1 aromatic carbocycles. The van der Waals surface area contributed by atoms with Crippen LogP contribution in [-0.4, -0.2) is 13.7 Å². The van der Waals surface area contributed by atoms with Gasteiger partial charge in [-0.2, -0.15) is 0 Å². The Morgan fingerprint density at radius 1 is 1.26 bits per heavy atom. The molecule has 1 atom stereocenters. The van der Waals surface area contributed by atoms with Crippen LogP contribution in [0.1, 0.15) is 51.1 Å². The van der Waals surface area contributed by atoms with Gasteiger partial charge in [-0.3, -0.25) is 0 Å². The second-order valence-corrected chi connectivity index (χ2v) is 6.03. The highest BCUT2D eigenvalue weighted by Gasteiger charge is 2.18. The van der Waals surface area contributed by atoms with Gasteiger partial charge in [0.25, 0.3) is 0 Å². The van der Waals surface area contributed by atoms with E-state index in [1.165, 1.54) is 31.2 Å². The molecule has 1 N–H and O–H groups in total. The van der Waals surface area contributed by atoms with Crippen molar-refractivity contribution >= 4 is 0 Å². The Morgan fingerprint density at radius 2 is 2.00 bits per heavy atom. The van der Waals surface area contributed by atoms with Crippen molar-refractivity contribution in [3.05, 3.63) is 29.8 Å². The Labute approximate surface area is 117 Å². The number of nitrogens with one attached hydrogen (secondary N) is 1. The lowest BCUT2D eigenvalue weighted by molar-refractivity contribution is 0.276. The highest BCUT2D eigenvalue weighted by Crippen LogP contribution is 2.28. The van der Waals surface area contributed by atoms with Gasteiger partial charge in [-0.1, -0.05) is 31.9 Å². The molecule has 0 saturated heterocycles. The smallest absolute Gasteiger partial charge is 0.119 e. The Morgan fingerprint density at radius 3 is 2.68 bits per heavy atom. The van der Waals surface area contributed by atoms with Gasteiger partial charge in [0.2, 0.25) is 0 Å². The second-order valence-electron chi connectivity index (χ2n) is 6.03. The minimum atomic E-state index is 0.398. The van der Waals surface area contributed by atoms with E-state index >= 15 is 0 Å². The summed E-state index contributed by atoms with van der Waals surface area (Å²) >= 11 is 0. The third kappa shape index (κ3) is 4.24. The molecule has 0 unspecified atom stereocenters. The molecule has 0 amide bonds. The summed E-state index contributed by atoms with van der Waals surface area (Å²) < 4.78 is 5.28. The summed E-state index contributed by atoms with van der Waals surface area (Å²) in [4.78, 5) is 0. The molecule has 0 aliphatic heterocycles. The number of hydrogen-bond acceptors (Lipinski definition) is 2. The molecule has 1 saturated carbocycles. The minimum Gasteiger partial charge on any atom is -0.497 e. The summed E-state index contributed by atoms with van der Waals surface area (Å²) in [6.45, 7) is 5.76. The van der Waals surface area contributed by atoms with E-state index in [4.69, 9.17) is 4.74 Å². The average molecular weight is 261 g/mol. The first-order valence-corrected chi connectivity index (χ1v) is 7.56. The van der Waals surface area contributed by atoms with Crippen LogP contribution in [0.2, 0.25) is 0 Å². The van der Waals surface area contributed by atoms with E-state index in [1.807, 2.05) is 6.07 Å². The van der Waals surface area contributed by atoms with Gasteiger partial charge >= 0.3 is 0 Å². The first-order valence-electron chi connectivity index (χ1n) is 7.56. The number of rotatable bonds is 5. The minimum absolute atomic E-state index is 0.398. The highest BCUT2D eigenvalue weighted by atomic mass is 16.5. The van der Waals surface area contributed by atoms with E-state index in [9.17, 15) is 0 Å². The molecule has 1 fully saturated rings. The second kappa shape index (κ2) is 6.95. The molecule has 2 heteroatoms. The molecule has 0 spiro atoms. The highest BCUT2D eigenvalue weighted by molar-refractivity contribution is 5.30. The Balaban J connectivity index is 1.81. The predicted octanol–water partition coefficient (Wildman–Crippen LogP) is 4.17. The van der Waals surface area contributed by atoms with Crippen molar-refractivity contribution in [1.82, 2.24) is 5.32 Å². The maximum Gasteiger partial charge on any atom is 0.119 e. The lowest BCUT2D eigenvalue weighted by atomic mass is 9.83. The van der Waals surface area contributed by atoms with Crippen LogP contribution in [0, 0.1) is 11.8 Å². The van der Waals surface area contributed by atoms with Crippen LogP contribution in [0.3, 0.4) is 0 Å². The Kier molecular flexibility index (Phi) is 5.26. The maximum absolute atomic E-state index is 5.28. The third-order valence-corrected chi connectivity index (χ3v) is 4.44. The summed E-state index contributed by atoms with van der Waals surface area (Å²) in [6.07, 6.45) is 5.58. The Hall–Kier alpha value is -1.02. The fourth-order valence-corrected chi connectivity index (χ4v) is 2.91. The van der Waals surface area contributed by atoms with Crippen molar-refractivity contribution in [2.24, 2.45) is 11.8 Å². The van der Waals surface area contributed by atoms with Gasteiger partial charge in [-0.05, 0) is 55.8 Å².